The minimum Gasteiger partial charge on any atom is -0.398 e. The van der Waals surface area contributed by atoms with Crippen LogP contribution >= 0.6 is 11.8 Å². The van der Waals surface area contributed by atoms with Crippen LogP contribution in [-0.2, 0) is 4.79 Å². The summed E-state index contributed by atoms with van der Waals surface area (Å²) in [7, 11) is 0. The Labute approximate surface area is 164 Å². The average molecular weight is 395 g/mol. The highest BCUT2D eigenvalue weighted by Crippen LogP contribution is 2.21. The van der Waals surface area contributed by atoms with Crippen LogP contribution in [-0.4, -0.2) is 32.6 Å². The summed E-state index contributed by atoms with van der Waals surface area (Å²) in [5.74, 6) is -0.490. The number of H-pyrrole nitrogens is 1. The third-order valence-corrected chi connectivity index (χ3v) is 4.68. The number of nitrogens with zero attached hydrogens (tertiary/aromatic N) is 2. The molecule has 8 nitrogen and oxygen atoms in total. The van der Waals surface area contributed by atoms with Gasteiger partial charge < -0.3 is 11.1 Å². The van der Waals surface area contributed by atoms with Gasteiger partial charge >= 0.3 is 0 Å². The van der Waals surface area contributed by atoms with Crippen LogP contribution in [0.1, 0.15) is 17.3 Å². The maximum Gasteiger partial charge on any atom is 0.278 e. The topological polar surface area (TPSA) is 131 Å². The fourth-order valence-corrected chi connectivity index (χ4v) is 3.10. The number of ketones is 1. The molecule has 28 heavy (non-hydrogen) atoms. The number of benzene rings is 2. The molecule has 3 aromatic rings. The van der Waals surface area contributed by atoms with Crippen LogP contribution in [0.3, 0.4) is 0 Å². The molecule has 1 aromatic heterocycles. The zero-order valence-electron chi connectivity index (χ0n) is 14.9. The van der Waals surface area contributed by atoms with E-state index in [0.717, 1.165) is 11.8 Å². The molecular formula is C19H17N5O3S. The number of thioether (sulfide) groups is 1. The smallest absolute Gasteiger partial charge is 0.278 e. The van der Waals surface area contributed by atoms with Crippen molar-refractivity contribution < 1.29 is 9.59 Å². The number of Topliss-reactive ketones (excluding diaryl/α,β-unsaturated/α-hetero) is 1. The monoisotopic (exact) mass is 395 g/mol. The van der Waals surface area contributed by atoms with Crippen molar-refractivity contribution in [3.05, 3.63) is 64.4 Å². The van der Waals surface area contributed by atoms with E-state index < -0.39 is 5.56 Å². The Kier molecular flexibility index (Phi) is 5.85. The summed E-state index contributed by atoms with van der Waals surface area (Å²) in [5.41, 5.74) is 7.31. The van der Waals surface area contributed by atoms with Crippen LogP contribution in [0.4, 0.5) is 11.4 Å². The van der Waals surface area contributed by atoms with Gasteiger partial charge in [-0.2, -0.15) is 0 Å². The summed E-state index contributed by atoms with van der Waals surface area (Å²) in [5, 5.41) is 10.8. The fourth-order valence-electron chi connectivity index (χ4n) is 2.50. The van der Waals surface area contributed by atoms with Gasteiger partial charge in [-0.25, -0.2) is 0 Å². The first-order valence-electron chi connectivity index (χ1n) is 8.30. The molecule has 3 rings (SSSR count). The Hall–Kier alpha value is -3.46. The summed E-state index contributed by atoms with van der Waals surface area (Å²) in [6.45, 7) is 1.43. The molecule has 4 N–H and O–H groups in total. The number of hydrogen-bond donors (Lipinski definition) is 3. The van der Waals surface area contributed by atoms with Gasteiger partial charge in [-0.3, -0.25) is 19.4 Å². The molecule has 0 aliphatic heterocycles. The van der Waals surface area contributed by atoms with Crippen molar-refractivity contribution >= 4 is 34.8 Å². The standard InChI is InChI=1S/C19H17N5O3S/c1-11(25)12-6-3-5-9-15(12)21-16(26)10-28-19-22-18(27)17(23-24-19)13-7-2-4-8-14(13)20/h2-9H,10,20H2,1H3,(H,21,26)(H,22,24,27). The molecule has 0 atom stereocenters. The van der Waals surface area contributed by atoms with Crippen molar-refractivity contribution in [2.75, 3.05) is 16.8 Å². The van der Waals surface area contributed by atoms with Crippen molar-refractivity contribution in [2.45, 2.75) is 12.1 Å². The van der Waals surface area contributed by atoms with E-state index >= 15 is 0 Å². The number of nitrogens with one attached hydrogen (secondary N) is 2. The van der Waals surface area contributed by atoms with E-state index in [1.165, 1.54) is 6.92 Å². The first-order chi connectivity index (χ1) is 13.5. The molecule has 142 valence electrons. The second-order valence-electron chi connectivity index (χ2n) is 5.83. The lowest BCUT2D eigenvalue weighted by Gasteiger charge is -2.08. The van der Waals surface area contributed by atoms with E-state index in [-0.39, 0.29) is 28.3 Å². The fraction of sp³-hybridized carbons (Fsp3) is 0.105. The van der Waals surface area contributed by atoms with E-state index in [2.05, 4.69) is 20.5 Å². The summed E-state index contributed by atoms with van der Waals surface area (Å²) in [6.07, 6.45) is 0. The zero-order valence-corrected chi connectivity index (χ0v) is 15.7. The first-order valence-corrected chi connectivity index (χ1v) is 9.28. The molecule has 0 bridgehead atoms. The van der Waals surface area contributed by atoms with Gasteiger partial charge in [0.05, 0.1) is 11.4 Å². The quantitative estimate of drug-likeness (QED) is 0.332. The summed E-state index contributed by atoms with van der Waals surface area (Å²) in [6, 6.07) is 13.6. The lowest BCUT2D eigenvalue weighted by atomic mass is 10.1. The van der Waals surface area contributed by atoms with E-state index in [1.807, 2.05) is 0 Å². The molecule has 0 aliphatic rings. The van der Waals surface area contributed by atoms with Gasteiger partial charge in [-0.05, 0) is 25.1 Å². The van der Waals surface area contributed by atoms with E-state index in [4.69, 9.17) is 5.73 Å². The molecule has 9 heteroatoms. The number of aromatic nitrogens is 3. The molecule has 0 unspecified atom stereocenters. The molecule has 2 aromatic carbocycles. The Balaban J connectivity index is 1.68. The van der Waals surface area contributed by atoms with Crippen LogP contribution < -0.4 is 16.6 Å². The molecule has 0 saturated carbocycles. The average Bonchev–Trinajstić information content (AvgIpc) is 2.67. The van der Waals surface area contributed by atoms with Crippen molar-refractivity contribution in [1.82, 2.24) is 15.2 Å². The number of anilines is 2. The zero-order chi connectivity index (χ0) is 20.1. The van der Waals surface area contributed by atoms with Gasteiger partial charge in [-0.1, -0.05) is 42.1 Å². The normalized spacial score (nSPS) is 10.5. The van der Waals surface area contributed by atoms with Crippen molar-refractivity contribution in [3.8, 4) is 11.3 Å². The van der Waals surface area contributed by atoms with Crippen LogP contribution in [0.2, 0.25) is 0 Å². The lowest BCUT2D eigenvalue weighted by Crippen LogP contribution is -2.18. The van der Waals surface area contributed by atoms with Gasteiger partial charge in [0.1, 0.15) is 0 Å². The number of para-hydroxylation sites is 2. The molecular weight excluding hydrogens is 378 g/mol. The SMILES string of the molecule is CC(=O)c1ccccc1NC(=O)CSc1nnc(-c2ccccc2N)c(=O)[nH]1. The number of amides is 1. The van der Waals surface area contributed by atoms with Crippen LogP contribution in [0, 0.1) is 0 Å². The minimum atomic E-state index is -0.447. The number of aromatic amines is 1. The largest absolute Gasteiger partial charge is 0.398 e. The predicted octanol–water partition coefficient (Wildman–Crippen LogP) is 2.35. The maximum atomic E-state index is 12.3. The molecule has 0 fully saturated rings. The number of rotatable bonds is 6. The minimum absolute atomic E-state index is 0.0102. The van der Waals surface area contributed by atoms with Crippen LogP contribution in [0.15, 0.2) is 58.5 Å². The van der Waals surface area contributed by atoms with Gasteiger partial charge in [0.2, 0.25) is 5.91 Å². The van der Waals surface area contributed by atoms with Crippen molar-refractivity contribution in [2.24, 2.45) is 0 Å². The van der Waals surface area contributed by atoms with Crippen LogP contribution in [0.5, 0.6) is 0 Å². The summed E-state index contributed by atoms with van der Waals surface area (Å²) < 4.78 is 0. The lowest BCUT2D eigenvalue weighted by molar-refractivity contribution is -0.113. The highest BCUT2D eigenvalue weighted by Gasteiger charge is 2.13. The summed E-state index contributed by atoms with van der Waals surface area (Å²) in [4.78, 5) is 38.7. The van der Waals surface area contributed by atoms with Gasteiger partial charge in [0, 0.05) is 16.8 Å². The molecule has 0 aliphatic carbocycles. The van der Waals surface area contributed by atoms with Crippen molar-refractivity contribution in [1.29, 1.82) is 0 Å². The highest BCUT2D eigenvalue weighted by molar-refractivity contribution is 7.99. The molecule has 0 radical (unpaired) electrons. The first kappa shape index (κ1) is 19.3. The number of hydrogen-bond acceptors (Lipinski definition) is 7. The van der Waals surface area contributed by atoms with Gasteiger partial charge in [0.25, 0.3) is 5.56 Å². The number of nitrogens with two attached hydrogens (primary N) is 1. The third kappa shape index (κ3) is 4.44. The second kappa shape index (κ2) is 8.49. The Morgan fingerprint density at radius 3 is 2.54 bits per heavy atom. The second-order valence-corrected chi connectivity index (χ2v) is 6.80. The molecule has 0 saturated heterocycles. The van der Waals surface area contributed by atoms with E-state index in [9.17, 15) is 14.4 Å². The predicted molar refractivity (Wildman–Crippen MR) is 108 cm³/mol. The number of nitrogen functional groups attached to an aromatic ring is 1. The maximum absolute atomic E-state index is 12.3. The number of carbonyl (C=O) groups is 2. The van der Waals surface area contributed by atoms with Gasteiger partial charge in [0.15, 0.2) is 16.6 Å². The highest BCUT2D eigenvalue weighted by atomic mass is 32.2. The van der Waals surface area contributed by atoms with E-state index in [1.54, 1.807) is 48.5 Å². The molecule has 0 spiro atoms. The third-order valence-electron chi connectivity index (χ3n) is 3.81. The Bertz CT molecular complexity index is 1100. The van der Waals surface area contributed by atoms with Crippen LogP contribution in [0.25, 0.3) is 11.3 Å². The van der Waals surface area contributed by atoms with E-state index in [0.29, 0.717) is 22.5 Å². The summed E-state index contributed by atoms with van der Waals surface area (Å²) >= 11 is 1.03. The molecule has 1 amide bonds. The number of carbonyl (C=O) groups excluding carboxylic acids is 2. The van der Waals surface area contributed by atoms with Crippen molar-refractivity contribution in [3.63, 3.8) is 0 Å². The Morgan fingerprint density at radius 2 is 1.82 bits per heavy atom. The Morgan fingerprint density at radius 1 is 1.11 bits per heavy atom. The molecule has 1 heterocycles. The van der Waals surface area contributed by atoms with Gasteiger partial charge in [-0.15, -0.1) is 10.2 Å².